The van der Waals surface area contributed by atoms with Gasteiger partial charge in [-0.05, 0) is 5.92 Å². The highest BCUT2D eigenvalue weighted by Crippen LogP contribution is 2.06. The molecule has 4 heteroatoms. The summed E-state index contributed by atoms with van der Waals surface area (Å²) >= 11 is 0. The molecule has 0 amide bonds. The van der Waals surface area contributed by atoms with E-state index in [0.29, 0.717) is 0 Å². The third-order valence-electron chi connectivity index (χ3n) is 1.52. The average molecular weight is 189 g/mol. The first-order chi connectivity index (χ1) is 5.24. The van der Waals surface area contributed by atoms with Crippen LogP contribution in [0.2, 0.25) is 19.6 Å². The standard InChI is InChI=1S/C8H19NO2Si/c1-6(2)7(8(10)11)9-12(3,4)5/h6-7,9H,1-5H3,(H,10,11)/t7-/m1/s1. The summed E-state index contributed by atoms with van der Waals surface area (Å²) in [6, 6.07) is -0.392. The van der Waals surface area contributed by atoms with Crippen molar-refractivity contribution in [3.63, 3.8) is 0 Å². The van der Waals surface area contributed by atoms with E-state index in [-0.39, 0.29) is 5.92 Å². The molecule has 1 atom stereocenters. The van der Waals surface area contributed by atoms with Crippen molar-refractivity contribution < 1.29 is 9.90 Å². The fourth-order valence-corrected chi connectivity index (χ4v) is 2.37. The predicted octanol–water partition coefficient (Wildman–Crippen LogP) is 1.52. The number of aliphatic carboxylic acids is 1. The molecule has 3 nitrogen and oxygen atoms in total. The van der Waals surface area contributed by atoms with Crippen LogP contribution in [-0.2, 0) is 4.79 Å². The van der Waals surface area contributed by atoms with Gasteiger partial charge >= 0.3 is 5.97 Å². The Morgan fingerprint density at radius 3 is 1.83 bits per heavy atom. The molecule has 0 unspecified atom stereocenters. The lowest BCUT2D eigenvalue weighted by atomic mass is 10.1. The molecule has 2 N–H and O–H groups in total. The number of nitrogens with one attached hydrogen (secondary N) is 1. The minimum atomic E-state index is -1.48. The van der Waals surface area contributed by atoms with E-state index in [2.05, 4.69) is 24.6 Å². The normalized spacial score (nSPS) is 14.8. The molecule has 0 aliphatic carbocycles. The lowest BCUT2D eigenvalue weighted by Crippen LogP contribution is -2.53. The Hall–Kier alpha value is -0.353. The molecular formula is C8H19NO2Si. The van der Waals surface area contributed by atoms with Gasteiger partial charge in [-0.15, -0.1) is 0 Å². The fourth-order valence-electron chi connectivity index (χ4n) is 0.980. The third-order valence-corrected chi connectivity index (χ3v) is 2.70. The first kappa shape index (κ1) is 11.6. The van der Waals surface area contributed by atoms with Gasteiger partial charge in [-0.25, -0.2) is 0 Å². The second-order valence-electron chi connectivity index (χ2n) is 4.45. The first-order valence-electron chi connectivity index (χ1n) is 4.24. The fraction of sp³-hybridized carbons (Fsp3) is 0.875. The Labute approximate surface area is 75.3 Å². The number of carboxylic acids is 1. The zero-order valence-corrected chi connectivity index (χ0v) is 9.51. The molecular weight excluding hydrogens is 170 g/mol. The summed E-state index contributed by atoms with van der Waals surface area (Å²) in [7, 11) is -1.48. The van der Waals surface area contributed by atoms with Gasteiger partial charge in [-0.3, -0.25) is 4.79 Å². The van der Waals surface area contributed by atoms with Crippen molar-refractivity contribution in [3.8, 4) is 0 Å². The largest absolute Gasteiger partial charge is 0.480 e. The van der Waals surface area contributed by atoms with Gasteiger partial charge in [0, 0.05) is 0 Å². The Bertz CT molecular complexity index is 163. The van der Waals surface area contributed by atoms with Crippen LogP contribution >= 0.6 is 0 Å². The average Bonchev–Trinajstić information content (AvgIpc) is 1.79. The minimum Gasteiger partial charge on any atom is -0.480 e. The van der Waals surface area contributed by atoms with Crippen molar-refractivity contribution in [1.29, 1.82) is 0 Å². The van der Waals surface area contributed by atoms with Crippen LogP contribution in [0.5, 0.6) is 0 Å². The Morgan fingerprint density at radius 2 is 1.75 bits per heavy atom. The van der Waals surface area contributed by atoms with Gasteiger partial charge in [0.15, 0.2) is 0 Å². The summed E-state index contributed by atoms with van der Waals surface area (Å²) in [5.74, 6) is -0.596. The van der Waals surface area contributed by atoms with Gasteiger partial charge < -0.3 is 10.1 Å². The van der Waals surface area contributed by atoms with Crippen molar-refractivity contribution in [2.45, 2.75) is 39.5 Å². The molecule has 0 aliphatic heterocycles. The van der Waals surface area contributed by atoms with Gasteiger partial charge in [-0.2, -0.15) is 0 Å². The maximum atomic E-state index is 10.8. The molecule has 0 saturated carbocycles. The van der Waals surface area contributed by atoms with Crippen molar-refractivity contribution in [2.24, 2.45) is 5.92 Å². The second kappa shape index (κ2) is 4.05. The molecule has 0 radical (unpaired) electrons. The van der Waals surface area contributed by atoms with Crippen LogP contribution in [-0.4, -0.2) is 25.4 Å². The van der Waals surface area contributed by atoms with E-state index in [1.54, 1.807) is 0 Å². The molecule has 0 spiro atoms. The zero-order valence-electron chi connectivity index (χ0n) is 8.51. The van der Waals surface area contributed by atoms with Gasteiger partial charge in [0.2, 0.25) is 0 Å². The van der Waals surface area contributed by atoms with Crippen LogP contribution < -0.4 is 4.98 Å². The highest BCUT2D eigenvalue weighted by Gasteiger charge is 2.26. The minimum absolute atomic E-state index is 0.147. The quantitative estimate of drug-likeness (QED) is 0.659. The van der Waals surface area contributed by atoms with Crippen LogP contribution in [0.25, 0.3) is 0 Å². The number of hydrogen-bond donors (Lipinski definition) is 2. The molecule has 0 aromatic rings. The van der Waals surface area contributed by atoms with Crippen LogP contribution in [0.3, 0.4) is 0 Å². The van der Waals surface area contributed by atoms with Crippen molar-refractivity contribution in [3.05, 3.63) is 0 Å². The summed E-state index contributed by atoms with van der Waals surface area (Å²) in [5, 5.41) is 8.87. The molecule has 72 valence electrons. The predicted molar refractivity (Wildman–Crippen MR) is 52.7 cm³/mol. The Balaban J connectivity index is 4.25. The van der Waals surface area contributed by atoms with Crippen molar-refractivity contribution in [2.75, 3.05) is 0 Å². The molecule has 0 aliphatic rings. The lowest BCUT2D eigenvalue weighted by molar-refractivity contribution is -0.140. The summed E-state index contributed by atoms with van der Waals surface area (Å²) in [6.45, 7) is 10.2. The Kier molecular flexibility index (Phi) is 3.93. The molecule has 0 bridgehead atoms. The maximum Gasteiger partial charge on any atom is 0.320 e. The number of carboxylic acid groups (broad SMARTS) is 1. The molecule has 0 fully saturated rings. The maximum absolute atomic E-state index is 10.8. The zero-order chi connectivity index (χ0) is 9.94. The first-order valence-corrected chi connectivity index (χ1v) is 7.74. The molecule has 0 rings (SSSR count). The molecule has 0 saturated heterocycles. The topological polar surface area (TPSA) is 49.3 Å². The number of hydrogen-bond acceptors (Lipinski definition) is 2. The van der Waals surface area contributed by atoms with E-state index in [4.69, 9.17) is 5.11 Å². The molecule has 0 heterocycles. The van der Waals surface area contributed by atoms with Gasteiger partial charge in [-0.1, -0.05) is 33.5 Å². The molecule has 0 aromatic heterocycles. The van der Waals surface area contributed by atoms with Crippen LogP contribution in [0.15, 0.2) is 0 Å². The van der Waals surface area contributed by atoms with E-state index in [1.165, 1.54) is 0 Å². The summed E-state index contributed by atoms with van der Waals surface area (Å²) in [4.78, 5) is 14.0. The van der Waals surface area contributed by atoms with Crippen molar-refractivity contribution >= 4 is 14.2 Å². The highest BCUT2D eigenvalue weighted by atomic mass is 28.3. The van der Waals surface area contributed by atoms with Gasteiger partial charge in [0.1, 0.15) is 14.3 Å². The lowest BCUT2D eigenvalue weighted by Gasteiger charge is -2.26. The van der Waals surface area contributed by atoms with Gasteiger partial charge in [0.05, 0.1) is 0 Å². The van der Waals surface area contributed by atoms with Crippen molar-refractivity contribution in [1.82, 2.24) is 4.98 Å². The van der Waals surface area contributed by atoms with E-state index < -0.39 is 20.2 Å². The van der Waals surface area contributed by atoms with E-state index in [1.807, 2.05) is 13.8 Å². The summed E-state index contributed by atoms with van der Waals surface area (Å²) in [6.07, 6.45) is 0. The number of rotatable bonds is 4. The third kappa shape index (κ3) is 4.51. The van der Waals surface area contributed by atoms with E-state index >= 15 is 0 Å². The monoisotopic (exact) mass is 189 g/mol. The van der Waals surface area contributed by atoms with E-state index in [9.17, 15) is 4.79 Å². The van der Waals surface area contributed by atoms with Crippen LogP contribution in [0.4, 0.5) is 0 Å². The van der Waals surface area contributed by atoms with Gasteiger partial charge in [0.25, 0.3) is 0 Å². The molecule has 12 heavy (non-hydrogen) atoms. The molecule has 0 aromatic carbocycles. The van der Waals surface area contributed by atoms with Crippen LogP contribution in [0.1, 0.15) is 13.8 Å². The van der Waals surface area contributed by atoms with Crippen LogP contribution in [0, 0.1) is 5.92 Å². The summed E-state index contributed by atoms with van der Waals surface area (Å²) in [5.41, 5.74) is 0. The highest BCUT2D eigenvalue weighted by molar-refractivity contribution is 6.73. The SMILES string of the molecule is CC(C)[C@@H](N[Si](C)(C)C)C(=O)O. The number of carbonyl (C=O) groups is 1. The Morgan fingerprint density at radius 1 is 1.33 bits per heavy atom. The van der Waals surface area contributed by atoms with E-state index in [0.717, 1.165) is 0 Å². The smallest absolute Gasteiger partial charge is 0.320 e. The summed E-state index contributed by atoms with van der Waals surface area (Å²) < 4.78 is 0. The second-order valence-corrected chi connectivity index (χ2v) is 9.24.